The molecule has 1 rings (SSSR count). The first-order valence-corrected chi connectivity index (χ1v) is 7.33. The Kier molecular flexibility index (Phi) is 5.66. The highest BCUT2D eigenvalue weighted by Gasteiger charge is 2.26. The lowest BCUT2D eigenvalue weighted by atomic mass is 9.93. The van der Waals surface area contributed by atoms with Gasteiger partial charge < -0.3 is 10.6 Å². The molecule has 0 fully saturated rings. The van der Waals surface area contributed by atoms with Crippen molar-refractivity contribution in [2.45, 2.75) is 40.5 Å². The minimum Gasteiger partial charge on any atom is -0.341 e. The third-order valence-electron chi connectivity index (χ3n) is 3.64. The molecule has 118 valence electrons. The Morgan fingerprint density at radius 2 is 1.95 bits per heavy atom. The highest BCUT2D eigenvalue weighted by Crippen LogP contribution is 2.17. The average molecular weight is 294 g/mol. The molecule has 21 heavy (non-hydrogen) atoms. The van der Waals surface area contributed by atoms with Gasteiger partial charge in [0.2, 0.25) is 0 Å². The van der Waals surface area contributed by atoms with E-state index >= 15 is 0 Å². The third-order valence-corrected chi connectivity index (χ3v) is 3.64. The molecular formula is C15H26N4O2. The number of nitrogens with one attached hydrogen (secondary N) is 1. The largest absolute Gasteiger partial charge is 0.341 e. The van der Waals surface area contributed by atoms with Crippen LogP contribution in [0.25, 0.3) is 0 Å². The van der Waals surface area contributed by atoms with Crippen molar-refractivity contribution in [3.63, 3.8) is 0 Å². The molecule has 0 unspecified atom stereocenters. The van der Waals surface area contributed by atoms with Crippen molar-refractivity contribution in [3.05, 3.63) is 27.2 Å². The van der Waals surface area contributed by atoms with Gasteiger partial charge in [-0.15, -0.1) is 0 Å². The Morgan fingerprint density at radius 1 is 1.33 bits per heavy atom. The first-order valence-electron chi connectivity index (χ1n) is 7.33. The van der Waals surface area contributed by atoms with Gasteiger partial charge in [0.15, 0.2) is 0 Å². The Bertz CT molecular complexity index is 563. The van der Waals surface area contributed by atoms with Crippen molar-refractivity contribution >= 4 is 5.91 Å². The third kappa shape index (κ3) is 3.91. The summed E-state index contributed by atoms with van der Waals surface area (Å²) in [5.74, 6) is -0.272. The van der Waals surface area contributed by atoms with Crippen LogP contribution in [-0.2, 0) is 12.8 Å². The Morgan fingerprint density at radius 3 is 2.43 bits per heavy atom. The van der Waals surface area contributed by atoms with E-state index in [1.165, 1.54) is 0 Å². The number of rotatable bonds is 6. The molecule has 0 aromatic carbocycles. The SMILES string of the molecule is CCc1n[nH]c(=O)c(C(=O)N(C)CC(C)(C)CN)c1CC. The summed E-state index contributed by atoms with van der Waals surface area (Å²) in [6.07, 6.45) is 1.29. The molecule has 0 radical (unpaired) electrons. The number of aromatic amines is 1. The molecule has 1 aromatic heterocycles. The minimum absolute atomic E-state index is 0.190. The summed E-state index contributed by atoms with van der Waals surface area (Å²) in [6, 6.07) is 0. The highest BCUT2D eigenvalue weighted by atomic mass is 16.2. The number of H-pyrrole nitrogens is 1. The van der Waals surface area contributed by atoms with E-state index in [-0.39, 0.29) is 16.9 Å². The number of carbonyl (C=O) groups is 1. The number of aromatic nitrogens is 2. The Balaban J connectivity index is 3.21. The molecule has 0 aliphatic heterocycles. The second-order valence-electron chi connectivity index (χ2n) is 6.09. The maximum Gasteiger partial charge on any atom is 0.277 e. The van der Waals surface area contributed by atoms with Crippen LogP contribution < -0.4 is 11.3 Å². The maximum absolute atomic E-state index is 12.6. The Labute approximate surface area is 125 Å². The number of hydrogen-bond donors (Lipinski definition) is 2. The second-order valence-corrected chi connectivity index (χ2v) is 6.09. The molecule has 1 aromatic rings. The van der Waals surface area contributed by atoms with E-state index in [1.54, 1.807) is 11.9 Å². The van der Waals surface area contributed by atoms with Gasteiger partial charge in [-0.25, -0.2) is 5.10 Å². The fraction of sp³-hybridized carbons (Fsp3) is 0.667. The van der Waals surface area contributed by atoms with Crippen LogP contribution in [0.4, 0.5) is 0 Å². The van der Waals surface area contributed by atoms with Crippen LogP contribution in [0.2, 0.25) is 0 Å². The van der Waals surface area contributed by atoms with Gasteiger partial charge in [-0.3, -0.25) is 9.59 Å². The van der Waals surface area contributed by atoms with E-state index in [9.17, 15) is 9.59 Å². The summed E-state index contributed by atoms with van der Waals surface area (Å²) in [5.41, 5.74) is 6.81. The van der Waals surface area contributed by atoms with E-state index in [4.69, 9.17) is 5.73 Å². The van der Waals surface area contributed by atoms with Crippen LogP contribution in [0.3, 0.4) is 0 Å². The van der Waals surface area contributed by atoms with Crippen LogP contribution in [0.15, 0.2) is 4.79 Å². The summed E-state index contributed by atoms with van der Waals surface area (Å²) in [5, 5.41) is 6.46. The number of nitrogens with two attached hydrogens (primary N) is 1. The van der Waals surface area contributed by atoms with Crippen molar-refractivity contribution in [1.82, 2.24) is 15.1 Å². The molecule has 6 nitrogen and oxygen atoms in total. The van der Waals surface area contributed by atoms with Gasteiger partial charge in [-0.2, -0.15) is 5.10 Å². The molecule has 0 aliphatic carbocycles. The average Bonchev–Trinajstić information content (AvgIpc) is 2.45. The first-order chi connectivity index (χ1) is 9.77. The van der Waals surface area contributed by atoms with Gasteiger partial charge in [0.1, 0.15) is 5.56 Å². The van der Waals surface area contributed by atoms with Crippen LogP contribution in [0, 0.1) is 5.41 Å². The van der Waals surface area contributed by atoms with Crippen molar-refractivity contribution in [3.8, 4) is 0 Å². The molecule has 3 N–H and O–H groups in total. The zero-order valence-electron chi connectivity index (χ0n) is 13.6. The maximum atomic E-state index is 12.6. The fourth-order valence-electron chi connectivity index (χ4n) is 2.39. The predicted molar refractivity (Wildman–Crippen MR) is 83.4 cm³/mol. The lowest BCUT2D eigenvalue weighted by molar-refractivity contribution is 0.0737. The van der Waals surface area contributed by atoms with E-state index in [0.29, 0.717) is 25.9 Å². The molecule has 0 atom stereocenters. The number of carbonyl (C=O) groups excluding carboxylic acids is 1. The van der Waals surface area contributed by atoms with E-state index in [1.807, 2.05) is 27.7 Å². The fourth-order valence-corrected chi connectivity index (χ4v) is 2.39. The summed E-state index contributed by atoms with van der Waals surface area (Å²) in [4.78, 5) is 26.3. The van der Waals surface area contributed by atoms with Gasteiger partial charge in [0.05, 0.1) is 5.69 Å². The molecule has 1 amide bonds. The molecule has 0 saturated carbocycles. The number of hydrogen-bond acceptors (Lipinski definition) is 4. The Hall–Kier alpha value is -1.69. The van der Waals surface area contributed by atoms with Gasteiger partial charge in [-0.05, 0) is 30.4 Å². The molecule has 0 bridgehead atoms. The molecular weight excluding hydrogens is 268 g/mol. The van der Waals surface area contributed by atoms with Crippen molar-refractivity contribution in [2.75, 3.05) is 20.1 Å². The molecule has 0 saturated heterocycles. The summed E-state index contributed by atoms with van der Waals surface area (Å²) >= 11 is 0. The lowest BCUT2D eigenvalue weighted by Crippen LogP contribution is -2.42. The number of aryl methyl sites for hydroxylation is 1. The zero-order chi connectivity index (χ0) is 16.2. The standard InChI is InChI=1S/C15H26N4O2/c1-6-10-11(7-2)17-18-13(20)12(10)14(21)19(5)9-15(3,4)8-16/h6-9,16H2,1-5H3,(H,18,20). The normalized spacial score (nSPS) is 11.5. The summed E-state index contributed by atoms with van der Waals surface area (Å²) in [6.45, 7) is 8.83. The number of amides is 1. The quantitative estimate of drug-likeness (QED) is 0.817. The topological polar surface area (TPSA) is 92.1 Å². The molecule has 0 spiro atoms. The van der Waals surface area contributed by atoms with Crippen LogP contribution >= 0.6 is 0 Å². The second kappa shape index (κ2) is 6.85. The van der Waals surface area contributed by atoms with E-state index in [2.05, 4.69) is 10.2 Å². The van der Waals surface area contributed by atoms with Gasteiger partial charge in [0, 0.05) is 13.6 Å². The van der Waals surface area contributed by atoms with Gasteiger partial charge in [0.25, 0.3) is 11.5 Å². The van der Waals surface area contributed by atoms with Crippen molar-refractivity contribution < 1.29 is 4.79 Å². The van der Waals surface area contributed by atoms with Crippen LogP contribution in [-0.4, -0.2) is 41.1 Å². The molecule has 6 heteroatoms. The van der Waals surface area contributed by atoms with Crippen molar-refractivity contribution in [1.29, 1.82) is 0 Å². The van der Waals surface area contributed by atoms with E-state index < -0.39 is 5.56 Å². The summed E-state index contributed by atoms with van der Waals surface area (Å²) < 4.78 is 0. The van der Waals surface area contributed by atoms with Crippen LogP contribution in [0.1, 0.15) is 49.3 Å². The number of nitrogens with zero attached hydrogens (tertiary/aromatic N) is 2. The monoisotopic (exact) mass is 294 g/mol. The molecule has 1 heterocycles. The zero-order valence-corrected chi connectivity index (χ0v) is 13.6. The minimum atomic E-state index is -0.425. The van der Waals surface area contributed by atoms with Crippen molar-refractivity contribution in [2.24, 2.45) is 11.1 Å². The first kappa shape index (κ1) is 17.4. The molecule has 0 aliphatic rings. The smallest absolute Gasteiger partial charge is 0.277 e. The summed E-state index contributed by atoms with van der Waals surface area (Å²) in [7, 11) is 1.70. The highest BCUT2D eigenvalue weighted by molar-refractivity contribution is 5.95. The van der Waals surface area contributed by atoms with Gasteiger partial charge in [-0.1, -0.05) is 27.7 Å². The predicted octanol–water partition coefficient (Wildman–Crippen LogP) is 0.952. The van der Waals surface area contributed by atoms with Crippen LogP contribution in [0.5, 0.6) is 0 Å². The van der Waals surface area contributed by atoms with Gasteiger partial charge >= 0.3 is 0 Å². The lowest BCUT2D eigenvalue weighted by Gasteiger charge is -2.29. The van der Waals surface area contributed by atoms with E-state index in [0.717, 1.165) is 11.3 Å².